The Balaban J connectivity index is 0.00000102. The number of nitrogens with zero attached hydrogens (tertiary/aromatic N) is 2. The lowest BCUT2D eigenvalue weighted by Gasteiger charge is -2.33. The molecular formula is C22H27ClF2N2. The first-order valence-corrected chi connectivity index (χ1v) is 10.1. The van der Waals surface area contributed by atoms with Crippen molar-refractivity contribution in [3.63, 3.8) is 0 Å². The number of allylic oxidation sites excluding steroid dienone is 1. The van der Waals surface area contributed by atoms with E-state index in [0.717, 1.165) is 40.3 Å². The van der Waals surface area contributed by atoms with E-state index in [2.05, 4.69) is 13.2 Å². The highest BCUT2D eigenvalue weighted by Crippen LogP contribution is 2.56. The van der Waals surface area contributed by atoms with Gasteiger partial charge in [-0.15, -0.1) is 0 Å². The number of hydrogen-bond acceptors (Lipinski definition) is 2. The molecule has 1 spiro atoms. The van der Waals surface area contributed by atoms with Crippen LogP contribution in [0.15, 0.2) is 30.3 Å². The smallest absolute Gasteiger partial charge is 0.249 e. The summed E-state index contributed by atoms with van der Waals surface area (Å²) in [6.45, 7) is 15.1. The molecule has 4 rings (SSSR count). The molecule has 0 bridgehead atoms. The maximum Gasteiger partial charge on any atom is 0.249 e. The zero-order valence-corrected chi connectivity index (χ0v) is 17.1. The van der Waals surface area contributed by atoms with Gasteiger partial charge in [0, 0.05) is 46.6 Å². The Labute approximate surface area is 165 Å². The molecule has 1 unspecified atom stereocenters. The van der Waals surface area contributed by atoms with Crippen LogP contribution in [-0.4, -0.2) is 23.2 Å². The van der Waals surface area contributed by atoms with Crippen molar-refractivity contribution < 1.29 is 8.78 Å². The van der Waals surface area contributed by atoms with Gasteiger partial charge in [0.15, 0.2) is 0 Å². The first-order chi connectivity index (χ1) is 12.8. The van der Waals surface area contributed by atoms with Crippen LogP contribution in [0.3, 0.4) is 0 Å². The quantitative estimate of drug-likeness (QED) is 0.514. The molecule has 1 aromatic carbocycles. The van der Waals surface area contributed by atoms with E-state index >= 15 is 0 Å². The molecule has 2 nitrogen and oxygen atoms in total. The summed E-state index contributed by atoms with van der Waals surface area (Å²) < 4.78 is 28.0. The van der Waals surface area contributed by atoms with Crippen molar-refractivity contribution in [2.45, 2.75) is 58.8 Å². The second-order valence-corrected chi connectivity index (χ2v) is 7.84. The maximum absolute atomic E-state index is 14.0. The Hall–Kier alpha value is -1.68. The molecule has 2 aliphatic heterocycles. The minimum Gasteiger partial charge on any atom is -0.329 e. The summed E-state index contributed by atoms with van der Waals surface area (Å²) in [5.74, 6) is -1.84. The average Bonchev–Trinajstić information content (AvgIpc) is 3.16. The molecule has 5 heteroatoms. The highest BCUT2D eigenvalue weighted by atomic mass is 35.5. The minimum absolute atomic E-state index is 0.0612. The maximum atomic E-state index is 14.0. The van der Waals surface area contributed by atoms with Crippen molar-refractivity contribution in [2.75, 3.05) is 6.54 Å². The molecule has 1 atom stereocenters. The zero-order chi connectivity index (χ0) is 20.0. The Morgan fingerprint density at radius 2 is 1.96 bits per heavy atom. The SMILES string of the molecule is C=C(CC)c1cc(Cl)cc2c1N=C1N(CCC13CCC(F)(F)C3)C2=C.CC. The third-order valence-corrected chi connectivity index (χ3v) is 6.07. The fraction of sp³-hybridized carbons (Fsp3) is 0.500. The number of aliphatic imine (C=N–C) groups is 1. The van der Waals surface area contributed by atoms with Crippen LogP contribution in [0.1, 0.15) is 64.0 Å². The molecule has 0 aromatic heterocycles. The van der Waals surface area contributed by atoms with Crippen LogP contribution < -0.4 is 0 Å². The van der Waals surface area contributed by atoms with Crippen molar-refractivity contribution in [2.24, 2.45) is 10.4 Å². The summed E-state index contributed by atoms with van der Waals surface area (Å²) in [6.07, 6.45) is 1.78. The highest BCUT2D eigenvalue weighted by Gasteiger charge is 2.57. The number of benzene rings is 1. The van der Waals surface area contributed by atoms with Crippen molar-refractivity contribution in [3.8, 4) is 0 Å². The van der Waals surface area contributed by atoms with E-state index in [9.17, 15) is 8.78 Å². The molecule has 0 N–H and O–H groups in total. The predicted molar refractivity (Wildman–Crippen MR) is 111 cm³/mol. The van der Waals surface area contributed by atoms with Crippen molar-refractivity contribution >= 4 is 34.4 Å². The molecule has 2 heterocycles. The lowest BCUT2D eigenvalue weighted by Crippen LogP contribution is -2.35. The zero-order valence-electron chi connectivity index (χ0n) is 16.3. The molecule has 0 amide bonds. The normalized spacial score (nSPS) is 24.9. The Morgan fingerprint density at radius 1 is 1.26 bits per heavy atom. The number of hydrogen-bond donors (Lipinski definition) is 0. The van der Waals surface area contributed by atoms with Gasteiger partial charge in [0.25, 0.3) is 0 Å². The van der Waals surface area contributed by atoms with E-state index in [4.69, 9.17) is 16.6 Å². The van der Waals surface area contributed by atoms with Crippen molar-refractivity contribution in [1.29, 1.82) is 0 Å². The summed E-state index contributed by atoms with van der Waals surface area (Å²) >= 11 is 6.30. The second-order valence-electron chi connectivity index (χ2n) is 7.40. The lowest BCUT2D eigenvalue weighted by atomic mass is 9.83. The fourth-order valence-electron chi connectivity index (χ4n) is 4.42. The van der Waals surface area contributed by atoms with Crippen LogP contribution in [0.25, 0.3) is 11.3 Å². The first kappa shape index (κ1) is 20.1. The van der Waals surface area contributed by atoms with Gasteiger partial charge < -0.3 is 4.90 Å². The van der Waals surface area contributed by atoms with Crippen LogP contribution in [0, 0.1) is 5.41 Å². The van der Waals surface area contributed by atoms with Gasteiger partial charge in [0.05, 0.1) is 5.69 Å². The summed E-state index contributed by atoms with van der Waals surface area (Å²) in [5, 5.41) is 0.615. The Kier molecular flexibility index (Phi) is 5.24. The highest BCUT2D eigenvalue weighted by molar-refractivity contribution is 6.31. The van der Waals surface area contributed by atoms with Gasteiger partial charge in [-0.25, -0.2) is 13.8 Å². The van der Waals surface area contributed by atoms with Gasteiger partial charge >= 0.3 is 0 Å². The Bertz CT molecular complexity index is 828. The van der Waals surface area contributed by atoms with E-state index in [-0.39, 0.29) is 12.8 Å². The summed E-state index contributed by atoms with van der Waals surface area (Å²) in [5.41, 5.74) is 3.76. The second kappa shape index (κ2) is 7.05. The topological polar surface area (TPSA) is 15.6 Å². The Morgan fingerprint density at radius 3 is 2.56 bits per heavy atom. The minimum atomic E-state index is -2.60. The average molecular weight is 393 g/mol. The molecule has 146 valence electrons. The number of amidine groups is 1. The molecule has 1 aromatic rings. The van der Waals surface area contributed by atoms with Gasteiger partial charge in [-0.05, 0) is 37.0 Å². The van der Waals surface area contributed by atoms with Crippen molar-refractivity contribution in [3.05, 3.63) is 41.4 Å². The van der Waals surface area contributed by atoms with E-state index in [1.807, 2.05) is 37.8 Å². The predicted octanol–water partition coefficient (Wildman–Crippen LogP) is 7.32. The number of halogens is 3. The first-order valence-electron chi connectivity index (χ1n) is 9.72. The number of rotatable bonds is 2. The van der Waals surface area contributed by atoms with Crippen LogP contribution in [0.5, 0.6) is 0 Å². The monoisotopic (exact) mass is 392 g/mol. The van der Waals surface area contributed by atoms with Gasteiger partial charge in [0.1, 0.15) is 5.84 Å². The van der Waals surface area contributed by atoms with Gasteiger partial charge in [-0.1, -0.05) is 45.5 Å². The molecule has 1 saturated carbocycles. The van der Waals surface area contributed by atoms with Gasteiger partial charge in [-0.3, -0.25) is 0 Å². The standard InChI is InChI=1S/C20H21ClF2N2.C2H6/c1-4-12(2)15-9-14(21)10-16-13(3)25-8-7-19(18(25)24-17(15)16)5-6-20(22,23)11-19;1-2/h9-10H,2-8,11H2,1H3;1-2H3. The van der Waals surface area contributed by atoms with Crippen LogP contribution in [-0.2, 0) is 0 Å². The third kappa shape index (κ3) is 3.22. The van der Waals surface area contributed by atoms with Crippen LogP contribution in [0.4, 0.5) is 14.5 Å². The van der Waals surface area contributed by atoms with Crippen LogP contribution >= 0.6 is 11.6 Å². The fourth-order valence-corrected chi connectivity index (χ4v) is 4.64. The lowest BCUT2D eigenvalue weighted by molar-refractivity contribution is 0.00193. The van der Waals surface area contributed by atoms with E-state index in [1.165, 1.54) is 0 Å². The molecule has 3 aliphatic rings. The molecule has 0 radical (unpaired) electrons. The van der Waals surface area contributed by atoms with Crippen LogP contribution in [0.2, 0.25) is 5.02 Å². The number of fused-ring (bicyclic) bond motifs is 3. The summed E-state index contributed by atoms with van der Waals surface area (Å²) in [4.78, 5) is 6.91. The van der Waals surface area contributed by atoms with E-state index in [1.54, 1.807) is 0 Å². The largest absolute Gasteiger partial charge is 0.329 e. The third-order valence-electron chi connectivity index (χ3n) is 5.85. The molecular weight excluding hydrogens is 366 g/mol. The molecule has 1 saturated heterocycles. The molecule has 27 heavy (non-hydrogen) atoms. The molecule has 1 aliphatic carbocycles. The van der Waals surface area contributed by atoms with E-state index < -0.39 is 11.3 Å². The van der Waals surface area contributed by atoms with Crippen molar-refractivity contribution in [1.82, 2.24) is 4.90 Å². The molecule has 2 fully saturated rings. The van der Waals surface area contributed by atoms with Gasteiger partial charge in [0.2, 0.25) is 5.92 Å². The number of alkyl halides is 2. The summed E-state index contributed by atoms with van der Waals surface area (Å²) in [6, 6.07) is 3.73. The van der Waals surface area contributed by atoms with E-state index in [0.29, 0.717) is 24.4 Å². The van der Waals surface area contributed by atoms with Gasteiger partial charge in [-0.2, -0.15) is 0 Å². The summed E-state index contributed by atoms with van der Waals surface area (Å²) in [7, 11) is 0.